The maximum atomic E-state index is 9.02. The van der Waals surface area contributed by atoms with E-state index in [1.807, 2.05) is 19.1 Å². The Balaban J connectivity index is 3.21. The van der Waals surface area contributed by atoms with Gasteiger partial charge in [0, 0.05) is 11.0 Å². The zero-order valence-electron chi connectivity index (χ0n) is 8.68. The van der Waals surface area contributed by atoms with Crippen molar-refractivity contribution in [2.45, 2.75) is 13.3 Å². The van der Waals surface area contributed by atoms with Crippen molar-refractivity contribution in [3.05, 3.63) is 27.7 Å². The summed E-state index contributed by atoms with van der Waals surface area (Å²) >= 11 is 3.39. The molecular formula is C11H14BrN3. The van der Waals surface area contributed by atoms with Gasteiger partial charge in [-0.05, 0) is 37.6 Å². The smallest absolute Gasteiger partial charge is 0.101 e. The summed E-state index contributed by atoms with van der Waals surface area (Å²) in [5, 5.41) is 12.2. The maximum absolute atomic E-state index is 9.02. The van der Waals surface area contributed by atoms with Crippen LogP contribution in [0, 0.1) is 11.3 Å². The van der Waals surface area contributed by atoms with Crippen molar-refractivity contribution in [2.24, 2.45) is 5.73 Å². The van der Waals surface area contributed by atoms with Crippen LogP contribution in [-0.2, 0) is 6.42 Å². The lowest BCUT2D eigenvalue weighted by Gasteiger charge is -2.12. The summed E-state index contributed by atoms with van der Waals surface area (Å²) in [4.78, 5) is 0. The first-order valence-corrected chi connectivity index (χ1v) is 5.68. The van der Waals surface area contributed by atoms with Crippen LogP contribution in [0.3, 0.4) is 0 Å². The first-order valence-electron chi connectivity index (χ1n) is 4.89. The molecule has 0 heterocycles. The van der Waals surface area contributed by atoms with Crippen molar-refractivity contribution in [1.29, 1.82) is 5.26 Å². The van der Waals surface area contributed by atoms with Crippen molar-refractivity contribution in [2.75, 3.05) is 18.4 Å². The summed E-state index contributed by atoms with van der Waals surface area (Å²) in [6, 6.07) is 6.01. The molecule has 1 aromatic rings. The second kappa shape index (κ2) is 5.74. The quantitative estimate of drug-likeness (QED) is 0.880. The number of benzene rings is 1. The Morgan fingerprint density at radius 2 is 2.27 bits per heavy atom. The van der Waals surface area contributed by atoms with E-state index in [2.05, 4.69) is 27.3 Å². The van der Waals surface area contributed by atoms with Crippen LogP contribution in [0.25, 0.3) is 0 Å². The third-order valence-electron chi connectivity index (χ3n) is 2.07. The number of hydrogen-bond acceptors (Lipinski definition) is 3. The highest BCUT2D eigenvalue weighted by Gasteiger charge is 2.08. The minimum atomic E-state index is 0.583. The number of nitrogens with zero attached hydrogens (tertiary/aromatic N) is 1. The van der Waals surface area contributed by atoms with Gasteiger partial charge in [0.25, 0.3) is 0 Å². The molecule has 3 N–H and O–H groups in total. The fourth-order valence-electron chi connectivity index (χ4n) is 1.49. The third-order valence-corrected chi connectivity index (χ3v) is 2.53. The number of nitrogens with two attached hydrogens (primary N) is 1. The minimum Gasteiger partial charge on any atom is -0.384 e. The van der Waals surface area contributed by atoms with E-state index in [0.29, 0.717) is 12.1 Å². The molecule has 3 nitrogen and oxygen atoms in total. The summed E-state index contributed by atoms with van der Waals surface area (Å²) < 4.78 is 0.921. The molecule has 0 fully saturated rings. The zero-order chi connectivity index (χ0) is 11.3. The van der Waals surface area contributed by atoms with Gasteiger partial charge in [-0.3, -0.25) is 0 Å². The number of rotatable bonds is 4. The average molecular weight is 268 g/mol. The Morgan fingerprint density at radius 3 is 2.80 bits per heavy atom. The largest absolute Gasteiger partial charge is 0.384 e. The van der Waals surface area contributed by atoms with Crippen molar-refractivity contribution >= 4 is 21.6 Å². The number of nitrogens with one attached hydrogen (secondary N) is 1. The van der Waals surface area contributed by atoms with Crippen molar-refractivity contribution in [3.8, 4) is 6.07 Å². The molecule has 0 aliphatic heterocycles. The number of halogens is 1. The van der Waals surface area contributed by atoms with E-state index < -0.39 is 0 Å². The number of anilines is 1. The van der Waals surface area contributed by atoms with E-state index in [1.165, 1.54) is 0 Å². The molecule has 0 saturated heterocycles. The van der Waals surface area contributed by atoms with Crippen LogP contribution >= 0.6 is 15.9 Å². The molecule has 0 bridgehead atoms. The lowest BCUT2D eigenvalue weighted by molar-refractivity contribution is 0.964. The van der Waals surface area contributed by atoms with Gasteiger partial charge in [-0.1, -0.05) is 15.9 Å². The fourth-order valence-corrected chi connectivity index (χ4v) is 1.99. The molecular weight excluding hydrogens is 254 g/mol. The van der Waals surface area contributed by atoms with E-state index in [-0.39, 0.29) is 0 Å². The van der Waals surface area contributed by atoms with E-state index in [9.17, 15) is 0 Å². The van der Waals surface area contributed by atoms with Gasteiger partial charge in [0.1, 0.15) is 6.07 Å². The van der Waals surface area contributed by atoms with E-state index >= 15 is 0 Å². The van der Waals surface area contributed by atoms with Gasteiger partial charge >= 0.3 is 0 Å². The Labute approximate surface area is 98.4 Å². The third kappa shape index (κ3) is 2.95. The van der Waals surface area contributed by atoms with Crippen molar-refractivity contribution < 1.29 is 0 Å². The second-order valence-corrected chi connectivity index (χ2v) is 4.08. The minimum absolute atomic E-state index is 0.583. The summed E-state index contributed by atoms with van der Waals surface area (Å²) in [5.74, 6) is 0. The van der Waals surface area contributed by atoms with E-state index in [0.717, 1.165) is 28.7 Å². The highest BCUT2D eigenvalue weighted by molar-refractivity contribution is 9.10. The van der Waals surface area contributed by atoms with Gasteiger partial charge in [0.2, 0.25) is 0 Å². The van der Waals surface area contributed by atoms with Gasteiger partial charge in [-0.25, -0.2) is 0 Å². The fraction of sp³-hybridized carbons (Fsp3) is 0.364. The van der Waals surface area contributed by atoms with Crippen molar-refractivity contribution in [1.82, 2.24) is 0 Å². The van der Waals surface area contributed by atoms with Crippen LogP contribution in [0.15, 0.2) is 16.6 Å². The van der Waals surface area contributed by atoms with Crippen LogP contribution in [0.4, 0.5) is 5.69 Å². The molecule has 0 aliphatic carbocycles. The summed E-state index contributed by atoms with van der Waals surface area (Å²) in [6.07, 6.45) is 0.774. The van der Waals surface area contributed by atoms with Crippen molar-refractivity contribution in [3.63, 3.8) is 0 Å². The van der Waals surface area contributed by atoms with Crippen LogP contribution in [0.1, 0.15) is 18.1 Å². The molecule has 15 heavy (non-hydrogen) atoms. The maximum Gasteiger partial charge on any atom is 0.101 e. The number of nitriles is 1. The van der Waals surface area contributed by atoms with Crippen LogP contribution in [-0.4, -0.2) is 13.1 Å². The molecule has 0 radical (unpaired) electrons. The lowest BCUT2D eigenvalue weighted by Crippen LogP contribution is -2.08. The first kappa shape index (κ1) is 12.0. The van der Waals surface area contributed by atoms with Gasteiger partial charge in [-0.2, -0.15) is 5.26 Å². The molecule has 0 unspecified atom stereocenters. The molecule has 0 amide bonds. The van der Waals surface area contributed by atoms with Crippen LogP contribution in [0.2, 0.25) is 0 Å². The Hall–Kier alpha value is -1.05. The summed E-state index contributed by atoms with van der Waals surface area (Å²) in [6.45, 7) is 3.39. The molecule has 80 valence electrons. The normalized spacial score (nSPS) is 9.73. The van der Waals surface area contributed by atoms with Crippen LogP contribution < -0.4 is 11.1 Å². The monoisotopic (exact) mass is 267 g/mol. The first-order chi connectivity index (χ1) is 7.22. The Morgan fingerprint density at radius 1 is 1.53 bits per heavy atom. The standard InChI is InChI=1S/C11H14BrN3/c1-2-15-11-8(3-4-13)5-10(12)6-9(11)7-14/h5-6,15H,2-4,13H2,1H3. The molecule has 4 heteroatoms. The molecule has 1 aromatic carbocycles. The Bertz CT molecular complexity index is 382. The van der Waals surface area contributed by atoms with Gasteiger partial charge in [0.15, 0.2) is 0 Å². The molecule has 0 saturated carbocycles. The zero-order valence-corrected chi connectivity index (χ0v) is 10.3. The molecule has 0 spiro atoms. The molecule has 0 aliphatic rings. The highest BCUT2D eigenvalue weighted by atomic mass is 79.9. The second-order valence-electron chi connectivity index (χ2n) is 3.17. The van der Waals surface area contributed by atoms with E-state index in [1.54, 1.807) is 0 Å². The molecule has 0 aromatic heterocycles. The SMILES string of the molecule is CCNc1c(C#N)cc(Br)cc1CCN. The summed E-state index contributed by atoms with van der Waals surface area (Å²) in [7, 11) is 0. The predicted molar refractivity (Wildman–Crippen MR) is 65.8 cm³/mol. The van der Waals surface area contributed by atoms with Gasteiger partial charge in [0.05, 0.1) is 11.3 Å². The Kier molecular flexibility index (Phi) is 4.60. The lowest BCUT2D eigenvalue weighted by atomic mass is 10.0. The molecule has 0 atom stereocenters. The summed E-state index contributed by atoms with van der Waals surface area (Å²) in [5.41, 5.74) is 8.20. The topological polar surface area (TPSA) is 61.8 Å². The van der Waals surface area contributed by atoms with Gasteiger partial charge < -0.3 is 11.1 Å². The van der Waals surface area contributed by atoms with Gasteiger partial charge in [-0.15, -0.1) is 0 Å². The molecule has 1 rings (SSSR count). The highest BCUT2D eigenvalue weighted by Crippen LogP contribution is 2.26. The number of hydrogen-bond donors (Lipinski definition) is 2. The average Bonchev–Trinajstić information content (AvgIpc) is 2.22. The predicted octanol–water partition coefficient (Wildman–Crippen LogP) is 2.25. The van der Waals surface area contributed by atoms with E-state index in [4.69, 9.17) is 11.0 Å². The van der Waals surface area contributed by atoms with Crippen LogP contribution in [0.5, 0.6) is 0 Å².